The Hall–Kier alpha value is -1.65. The first-order valence-corrected chi connectivity index (χ1v) is 10.8. The van der Waals surface area contributed by atoms with Crippen LogP contribution in [0.3, 0.4) is 0 Å². The van der Waals surface area contributed by atoms with Crippen molar-refractivity contribution in [3.05, 3.63) is 47.7 Å². The van der Waals surface area contributed by atoms with Gasteiger partial charge in [-0.25, -0.2) is 13.8 Å². The Morgan fingerprint density at radius 1 is 1.13 bits per heavy atom. The van der Waals surface area contributed by atoms with Crippen LogP contribution in [0, 0.1) is 5.41 Å². The normalized spacial score (nSPS) is 12.5. The van der Waals surface area contributed by atoms with Crippen LogP contribution in [0.2, 0.25) is 0 Å². The van der Waals surface area contributed by atoms with E-state index in [4.69, 9.17) is 9.15 Å². The number of amides is 1. The smallest absolute Gasteiger partial charge is 0.742 e. The van der Waals surface area contributed by atoms with Gasteiger partial charge in [-0.05, 0) is 47.1 Å². The van der Waals surface area contributed by atoms with Crippen molar-refractivity contribution in [2.45, 2.75) is 51.5 Å². The first kappa shape index (κ1) is 27.4. The van der Waals surface area contributed by atoms with E-state index in [1.807, 2.05) is 24.3 Å². The van der Waals surface area contributed by atoms with Gasteiger partial charge in [0.05, 0.1) is 6.21 Å². The number of nitrogens with zero attached hydrogens (tertiary/aromatic N) is 1. The second-order valence-electron chi connectivity index (χ2n) is 8.84. The molecule has 0 spiro atoms. The van der Waals surface area contributed by atoms with E-state index in [1.54, 1.807) is 0 Å². The molecular formula is C21H27N2NaO6S. The van der Waals surface area contributed by atoms with Gasteiger partial charge in [0.25, 0.3) is 5.91 Å². The second-order valence-corrected chi connectivity index (χ2v) is 10.1. The molecule has 1 N–H and O–H groups in total. The number of carbonyl (C=O) groups excluding carboxylic acids is 1. The zero-order valence-electron chi connectivity index (χ0n) is 18.8. The fraction of sp³-hybridized carbons (Fsp3) is 0.429. The van der Waals surface area contributed by atoms with Crippen molar-refractivity contribution < 1.29 is 56.5 Å². The molecule has 0 fully saturated rings. The van der Waals surface area contributed by atoms with E-state index in [1.165, 1.54) is 11.6 Å². The summed E-state index contributed by atoms with van der Waals surface area (Å²) in [6, 6.07) is 9.90. The Balaban J connectivity index is 0.00000480. The SMILES string of the molecule is CC(C)(C)CC(C)(C)c1ccc(OCC(=O)NN=Cc2ccc(S(=O)(=O)[O-])o2)cc1.[Na+]. The van der Waals surface area contributed by atoms with Gasteiger partial charge in [0.1, 0.15) is 11.5 Å². The molecule has 164 valence electrons. The Morgan fingerprint density at radius 2 is 1.74 bits per heavy atom. The third-order valence-electron chi connectivity index (χ3n) is 4.21. The third-order valence-corrected chi connectivity index (χ3v) is 4.92. The van der Waals surface area contributed by atoms with Crippen LogP contribution in [-0.4, -0.2) is 31.7 Å². The Bertz CT molecular complexity index is 1010. The molecule has 0 aliphatic carbocycles. The molecule has 1 amide bonds. The van der Waals surface area contributed by atoms with Crippen LogP contribution in [0.25, 0.3) is 0 Å². The number of carbonyl (C=O) groups is 1. The summed E-state index contributed by atoms with van der Waals surface area (Å²) in [5.41, 5.74) is 3.64. The summed E-state index contributed by atoms with van der Waals surface area (Å²) in [6.45, 7) is 10.8. The maximum Gasteiger partial charge on any atom is 1.00 e. The number of furan rings is 1. The van der Waals surface area contributed by atoms with Gasteiger partial charge >= 0.3 is 29.6 Å². The van der Waals surface area contributed by atoms with Gasteiger partial charge < -0.3 is 13.7 Å². The molecule has 1 aromatic heterocycles. The van der Waals surface area contributed by atoms with Gasteiger partial charge in [0.2, 0.25) is 5.09 Å². The molecule has 0 radical (unpaired) electrons. The van der Waals surface area contributed by atoms with Crippen LogP contribution >= 0.6 is 0 Å². The van der Waals surface area contributed by atoms with Crippen LogP contribution in [0.4, 0.5) is 0 Å². The average molecular weight is 459 g/mol. The van der Waals surface area contributed by atoms with E-state index < -0.39 is 21.1 Å². The number of ether oxygens (including phenoxy) is 1. The van der Waals surface area contributed by atoms with Crippen molar-refractivity contribution in [3.63, 3.8) is 0 Å². The Labute approximate surface area is 205 Å². The number of rotatable bonds is 8. The molecule has 8 nitrogen and oxygen atoms in total. The number of hydrazone groups is 1. The number of benzene rings is 1. The van der Waals surface area contributed by atoms with Gasteiger partial charge in [-0.3, -0.25) is 4.79 Å². The fourth-order valence-corrected chi connectivity index (χ4v) is 3.75. The summed E-state index contributed by atoms with van der Waals surface area (Å²) in [4.78, 5) is 11.8. The predicted octanol–water partition coefficient (Wildman–Crippen LogP) is 0.431. The number of hydrogen-bond acceptors (Lipinski definition) is 7. The van der Waals surface area contributed by atoms with Crippen LogP contribution in [-0.2, 0) is 20.3 Å². The molecule has 0 saturated heterocycles. The van der Waals surface area contributed by atoms with Crippen molar-refractivity contribution in [2.75, 3.05) is 6.61 Å². The van der Waals surface area contributed by atoms with Crippen LogP contribution in [0.15, 0.2) is 51.0 Å². The maximum atomic E-state index is 11.8. The molecule has 2 aromatic rings. The minimum atomic E-state index is -4.67. The van der Waals surface area contributed by atoms with Gasteiger partial charge in [0, 0.05) is 0 Å². The van der Waals surface area contributed by atoms with E-state index >= 15 is 0 Å². The average Bonchev–Trinajstić information content (AvgIpc) is 3.07. The molecule has 10 heteroatoms. The minimum Gasteiger partial charge on any atom is -0.742 e. The summed E-state index contributed by atoms with van der Waals surface area (Å²) in [5.74, 6) is 0.0616. The number of hydrogen-bond donors (Lipinski definition) is 1. The fourth-order valence-electron chi connectivity index (χ4n) is 3.32. The third kappa shape index (κ3) is 9.16. The standard InChI is InChI=1S/C21H28N2O6S.Na/c1-20(2,3)14-21(4,5)15-6-8-16(9-7-15)28-13-18(24)23-22-12-17-10-11-19(29-17)30(25,26)27;/h6-12H,13-14H2,1-5H3,(H,23,24)(H,25,26,27);/q;+1/p-1. The first-order valence-electron chi connectivity index (χ1n) is 9.37. The van der Waals surface area contributed by atoms with E-state index in [9.17, 15) is 17.8 Å². The van der Waals surface area contributed by atoms with Crippen LogP contribution in [0.5, 0.6) is 5.75 Å². The second kappa shape index (κ2) is 10.8. The first-order chi connectivity index (χ1) is 13.8. The summed E-state index contributed by atoms with van der Waals surface area (Å²) >= 11 is 0. The molecule has 31 heavy (non-hydrogen) atoms. The molecular weight excluding hydrogens is 431 g/mol. The predicted molar refractivity (Wildman–Crippen MR) is 111 cm³/mol. The molecule has 1 aromatic carbocycles. The zero-order chi connectivity index (χ0) is 22.6. The van der Waals surface area contributed by atoms with Gasteiger partial charge in [-0.1, -0.05) is 46.8 Å². The van der Waals surface area contributed by atoms with E-state index in [0.29, 0.717) is 5.75 Å². The quantitative estimate of drug-likeness (QED) is 0.265. The van der Waals surface area contributed by atoms with Gasteiger partial charge in [-0.2, -0.15) is 5.10 Å². The molecule has 0 unspecified atom stereocenters. The molecule has 0 aliphatic heterocycles. The van der Waals surface area contributed by atoms with Gasteiger partial charge in [-0.15, -0.1) is 0 Å². The van der Waals surface area contributed by atoms with Crippen molar-refractivity contribution in [3.8, 4) is 5.75 Å². The molecule has 0 atom stereocenters. The molecule has 0 saturated carbocycles. The summed E-state index contributed by atoms with van der Waals surface area (Å²) < 4.78 is 42.7. The van der Waals surface area contributed by atoms with Crippen LogP contribution < -0.4 is 39.7 Å². The molecule has 2 rings (SSSR count). The van der Waals surface area contributed by atoms with E-state index in [-0.39, 0.29) is 52.8 Å². The minimum absolute atomic E-state index is 0. The Kier molecular flexibility index (Phi) is 9.52. The van der Waals surface area contributed by atoms with E-state index in [0.717, 1.165) is 18.7 Å². The van der Waals surface area contributed by atoms with Crippen molar-refractivity contribution in [2.24, 2.45) is 10.5 Å². The Morgan fingerprint density at radius 3 is 2.26 bits per heavy atom. The monoisotopic (exact) mass is 458 g/mol. The summed E-state index contributed by atoms with van der Waals surface area (Å²) in [5, 5.41) is 2.92. The molecule has 0 bridgehead atoms. The number of nitrogens with one attached hydrogen (secondary N) is 1. The zero-order valence-corrected chi connectivity index (χ0v) is 21.6. The van der Waals surface area contributed by atoms with Crippen molar-refractivity contribution >= 4 is 22.2 Å². The maximum absolute atomic E-state index is 11.8. The summed E-state index contributed by atoms with van der Waals surface area (Å²) in [7, 11) is -4.67. The van der Waals surface area contributed by atoms with Crippen molar-refractivity contribution in [1.82, 2.24) is 5.43 Å². The molecule has 1 heterocycles. The van der Waals surface area contributed by atoms with Crippen molar-refractivity contribution in [1.29, 1.82) is 0 Å². The largest absolute Gasteiger partial charge is 1.00 e. The van der Waals surface area contributed by atoms with Crippen LogP contribution in [0.1, 0.15) is 52.4 Å². The summed E-state index contributed by atoms with van der Waals surface area (Å²) in [6.07, 6.45) is 2.11. The topological polar surface area (TPSA) is 121 Å². The molecule has 0 aliphatic rings. The van der Waals surface area contributed by atoms with E-state index in [2.05, 4.69) is 45.1 Å². The van der Waals surface area contributed by atoms with Gasteiger partial charge in [0.15, 0.2) is 16.7 Å².